The minimum Gasteiger partial charge on any atom is -0.208 e. The zero-order valence-corrected chi connectivity index (χ0v) is 35.0. The highest BCUT2D eigenvalue weighted by Crippen LogP contribution is 2.49. The average molecular weight is 804 g/mol. The van der Waals surface area contributed by atoms with E-state index in [1.165, 1.54) is 71.3 Å². The summed E-state index contributed by atoms with van der Waals surface area (Å²) in [5.41, 5.74) is 15.1. The Hall–Kier alpha value is -8.01. The largest absolute Gasteiger partial charge is 0.208 e. The SMILES string of the molecule is CC1(C)c2ccccc2-c2ccc(-c3cccc(-c4nc(-c5ccc(-c6ccccc6)cc5)nc(-c5ccc(-c6c7ccccc7cc7c6ccc6ccccc67)cc5)n4)c3)cc21. The Morgan fingerprint density at radius 2 is 0.810 bits per heavy atom. The highest BCUT2D eigenvalue weighted by atomic mass is 15.0. The second-order valence-electron chi connectivity index (χ2n) is 17.2. The minimum absolute atomic E-state index is 0.0851. The van der Waals surface area contributed by atoms with Crippen LogP contribution in [0, 0.1) is 0 Å². The standard InChI is InChI=1S/C60H41N3/c1-60(2)54-22-11-10-21-50(54)51-33-32-45(37-55(51)60)44-17-12-18-47(35-44)59-62-57(42-27-23-39(24-28-42)38-13-4-3-5-14-38)61-58(63-59)43-29-25-41(26-30-43)56-49-20-9-7-16-46(49)36-53-48-19-8-6-15-40(48)31-34-52(53)56/h3-37H,1-2H3. The van der Waals surface area contributed by atoms with E-state index < -0.39 is 0 Å². The molecule has 3 nitrogen and oxygen atoms in total. The Morgan fingerprint density at radius 3 is 1.57 bits per heavy atom. The molecule has 0 saturated carbocycles. The molecular formula is C60H41N3. The third-order valence-electron chi connectivity index (χ3n) is 13.1. The summed E-state index contributed by atoms with van der Waals surface area (Å²) in [6, 6.07) is 76.3. The molecule has 0 amide bonds. The van der Waals surface area contributed by atoms with Crippen LogP contribution in [0.2, 0.25) is 0 Å². The van der Waals surface area contributed by atoms with Crippen molar-refractivity contribution in [2.75, 3.05) is 0 Å². The molecule has 63 heavy (non-hydrogen) atoms. The maximum absolute atomic E-state index is 5.22. The molecule has 0 radical (unpaired) electrons. The summed E-state index contributed by atoms with van der Waals surface area (Å²) in [6.07, 6.45) is 0. The van der Waals surface area contributed by atoms with Crippen LogP contribution in [0.15, 0.2) is 212 Å². The van der Waals surface area contributed by atoms with Gasteiger partial charge in [-0.25, -0.2) is 15.0 Å². The second kappa shape index (κ2) is 14.6. The first-order valence-corrected chi connectivity index (χ1v) is 21.7. The Labute approximate surface area is 367 Å². The summed E-state index contributed by atoms with van der Waals surface area (Å²) in [6.45, 7) is 4.66. The molecule has 1 aromatic heterocycles. The van der Waals surface area contributed by atoms with Gasteiger partial charge in [0.25, 0.3) is 0 Å². The average Bonchev–Trinajstić information content (AvgIpc) is 3.58. The van der Waals surface area contributed by atoms with Gasteiger partial charge in [0.1, 0.15) is 0 Å². The lowest BCUT2D eigenvalue weighted by Crippen LogP contribution is -2.14. The van der Waals surface area contributed by atoms with Crippen LogP contribution in [0.4, 0.5) is 0 Å². The van der Waals surface area contributed by atoms with Crippen molar-refractivity contribution in [2.45, 2.75) is 19.3 Å². The number of hydrogen-bond acceptors (Lipinski definition) is 3. The molecule has 0 bridgehead atoms. The first-order valence-electron chi connectivity index (χ1n) is 21.7. The number of rotatable bonds is 6. The summed E-state index contributed by atoms with van der Waals surface area (Å²) in [4.78, 5) is 15.6. The van der Waals surface area contributed by atoms with Crippen molar-refractivity contribution >= 4 is 32.3 Å². The topological polar surface area (TPSA) is 38.7 Å². The molecule has 12 rings (SSSR count). The van der Waals surface area contributed by atoms with Gasteiger partial charge in [0.05, 0.1) is 0 Å². The van der Waals surface area contributed by atoms with Crippen molar-refractivity contribution in [3.8, 4) is 78.7 Å². The summed E-state index contributed by atoms with van der Waals surface area (Å²) in [5.74, 6) is 1.90. The Morgan fingerprint density at radius 1 is 0.286 bits per heavy atom. The van der Waals surface area contributed by atoms with Crippen LogP contribution in [0.1, 0.15) is 25.0 Å². The van der Waals surface area contributed by atoms with Crippen LogP contribution in [-0.2, 0) is 5.41 Å². The minimum atomic E-state index is -0.0851. The van der Waals surface area contributed by atoms with Gasteiger partial charge in [-0.1, -0.05) is 208 Å². The van der Waals surface area contributed by atoms with Gasteiger partial charge in [-0.2, -0.15) is 0 Å². The summed E-state index contributed by atoms with van der Waals surface area (Å²) in [5, 5.41) is 7.45. The zero-order chi connectivity index (χ0) is 42.1. The van der Waals surface area contributed by atoms with Crippen molar-refractivity contribution in [1.29, 1.82) is 0 Å². The third kappa shape index (κ3) is 6.23. The molecular weight excluding hydrogens is 763 g/mol. The Balaban J connectivity index is 0.972. The molecule has 3 heteroatoms. The molecule has 0 unspecified atom stereocenters. The van der Waals surface area contributed by atoms with Crippen LogP contribution in [0.5, 0.6) is 0 Å². The molecule has 1 aliphatic rings. The van der Waals surface area contributed by atoms with Gasteiger partial charge < -0.3 is 0 Å². The van der Waals surface area contributed by atoms with Gasteiger partial charge in [-0.3, -0.25) is 0 Å². The molecule has 0 atom stereocenters. The fraction of sp³-hybridized carbons (Fsp3) is 0.0500. The summed E-state index contributed by atoms with van der Waals surface area (Å²) < 4.78 is 0. The fourth-order valence-electron chi connectivity index (χ4n) is 9.84. The molecule has 0 fully saturated rings. The smallest absolute Gasteiger partial charge is 0.164 e. The summed E-state index contributed by atoms with van der Waals surface area (Å²) in [7, 11) is 0. The van der Waals surface area contributed by atoms with E-state index in [4.69, 9.17) is 15.0 Å². The highest BCUT2D eigenvalue weighted by Gasteiger charge is 2.35. The quantitative estimate of drug-likeness (QED) is 0.124. The van der Waals surface area contributed by atoms with E-state index >= 15 is 0 Å². The molecule has 0 spiro atoms. The first-order chi connectivity index (χ1) is 31.0. The van der Waals surface area contributed by atoms with Crippen LogP contribution in [0.25, 0.3) is 111 Å². The molecule has 10 aromatic carbocycles. The van der Waals surface area contributed by atoms with Gasteiger partial charge in [0.2, 0.25) is 0 Å². The van der Waals surface area contributed by atoms with Crippen LogP contribution < -0.4 is 0 Å². The molecule has 296 valence electrons. The summed E-state index contributed by atoms with van der Waals surface area (Å²) >= 11 is 0. The molecule has 1 heterocycles. The lowest BCUT2D eigenvalue weighted by molar-refractivity contribution is 0.660. The van der Waals surface area contributed by atoms with E-state index in [1.54, 1.807) is 0 Å². The Kier molecular flexibility index (Phi) is 8.52. The van der Waals surface area contributed by atoms with E-state index in [0.717, 1.165) is 33.4 Å². The second-order valence-corrected chi connectivity index (χ2v) is 17.2. The lowest BCUT2D eigenvalue weighted by Gasteiger charge is -2.22. The van der Waals surface area contributed by atoms with E-state index in [-0.39, 0.29) is 5.41 Å². The van der Waals surface area contributed by atoms with Gasteiger partial charge in [-0.15, -0.1) is 0 Å². The van der Waals surface area contributed by atoms with Crippen molar-refractivity contribution in [1.82, 2.24) is 15.0 Å². The van der Waals surface area contributed by atoms with Crippen molar-refractivity contribution < 1.29 is 0 Å². The third-order valence-corrected chi connectivity index (χ3v) is 13.1. The fourth-order valence-corrected chi connectivity index (χ4v) is 9.84. The van der Waals surface area contributed by atoms with Gasteiger partial charge >= 0.3 is 0 Å². The lowest BCUT2D eigenvalue weighted by atomic mass is 9.81. The van der Waals surface area contributed by atoms with Crippen molar-refractivity contribution in [2.24, 2.45) is 0 Å². The van der Waals surface area contributed by atoms with Crippen LogP contribution in [0.3, 0.4) is 0 Å². The first kappa shape index (κ1) is 36.8. The molecule has 0 aliphatic heterocycles. The van der Waals surface area contributed by atoms with Crippen LogP contribution >= 0.6 is 0 Å². The number of hydrogen-bond donors (Lipinski definition) is 0. The van der Waals surface area contributed by atoms with E-state index in [0.29, 0.717) is 17.5 Å². The van der Waals surface area contributed by atoms with Gasteiger partial charge in [-0.05, 0) is 106 Å². The molecule has 0 N–H and O–H groups in total. The zero-order valence-electron chi connectivity index (χ0n) is 35.0. The van der Waals surface area contributed by atoms with Gasteiger partial charge in [0, 0.05) is 22.1 Å². The van der Waals surface area contributed by atoms with E-state index in [1.807, 2.05) is 6.07 Å². The normalized spacial score (nSPS) is 12.7. The molecule has 11 aromatic rings. The molecule has 0 saturated heterocycles. The number of fused-ring (bicyclic) bond motifs is 7. The monoisotopic (exact) mass is 803 g/mol. The molecule has 1 aliphatic carbocycles. The predicted octanol–water partition coefficient (Wildman–Crippen LogP) is 15.6. The van der Waals surface area contributed by atoms with E-state index in [2.05, 4.69) is 220 Å². The van der Waals surface area contributed by atoms with Crippen molar-refractivity contribution in [3.63, 3.8) is 0 Å². The number of aromatic nitrogens is 3. The maximum Gasteiger partial charge on any atom is 0.164 e. The van der Waals surface area contributed by atoms with Gasteiger partial charge in [0.15, 0.2) is 17.5 Å². The Bertz CT molecular complexity index is 3570. The predicted molar refractivity (Wildman–Crippen MR) is 263 cm³/mol. The maximum atomic E-state index is 5.22. The van der Waals surface area contributed by atoms with Crippen LogP contribution in [-0.4, -0.2) is 15.0 Å². The van der Waals surface area contributed by atoms with Crippen molar-refractivity contribution in [3.05, 3.63) is 223 Å². The number of benzene rings is 10. The number of nitrogens with zero attached hydrogens (tertiary/aromatic N) is 3. The van der Waals surface area contributed by atoms with E-state index in [9.17, 15) is 0 Å². The highest BCUT2D eigenvalue weighted by molar-refractivity contribution is 6.20.